The van der Waals surface area contributed by atoms with E-state index >= 15 is 0 Å². The highest BCUT2D eigenvalue weighted by atomic mass is 79.9. The van der Waals surface area contributed by atoms with Crippen LogP contribution in [0.4, 0.5) is 10.2 Å². The van der Waals surface area contributed by atoms with Crippen molar-refractivity contribution in [2.75, 3.05) is 5.73 Å². The number of nitrogen functional groups attached to an aromatic ring is 1. The van der Waals surface area contributed by atoms with Crippen LogP contribution in [-0.2, 0) is 0 Å². The van der Waals surface area contributed by atoms with Gasteiger partial charge in [0.15, 0.2) is 11.6 Å². The van der Waals surface area contributed by atoms with Crippen LogP contribution < -0.4 is 5.73 Å². The fourth-order valence-corrected chi connectivity index (χ4v) is 3.37. The number of nitrogens with two attached hydrogens (primary N) is 1. The van der Waals surface area contributed by atoms with Gasteiger partial charge in [0.05, 0.1) is 10.4 Å². The van der Waals surface area contributed by atoms with Crippen molar-refractivity contribution in [3.63, 3.8) is 0 Å². The van der Waals surface area contributed by atoms with Gasteiger partial charge in [-0.3, -0.25) is 0 Å². The van der Waals surface area contributed by atoms with Crippen LogP contribution in [0.2, 0.25) is 0 Å². The van der Waals surface area contributed by atoms with Gasteiger partial charge in [-0.25, -0.2) is 4.39 Å². The first-order valence-electron chi connectivity index (χ1n) is 5.42. The molecule has 0 atom stereocenters. The lowest BCUT2D eigenvalue weighted by molar-refractivity contribution is 0.436. The van der Waals surface area contributed by atoms with E-state index in [1.807, 2.05) is 11.4 Å². The van der Waals surface area contributed by atoms with Gasteiger partial charge in [0.2, 0.25) is 0 Å². The molecule has 2 aromatic heterocycles. The van der Waals surface area contributed by atoms with E-state index in [1.54, 1.807) is 18.2 Å². The molecular weight excluding hydrogens is 331 g/mol. The molecule has 0 aliphatic carbocycles. The molecule has 0 unspecified atom stereocenters. The summed E-state index contributed by atoms with van der Waals surface area (Å²) in [5, 5.41) is 5.66. The fourth-order valence-electron chi connectivity index (χ4n) is 1.84. The normalized spacial score (nSPS) is 10.8. The number of benzene rings is 1. The van der Waals surface area contributed by atoms with Crippen LogP contribution in [-0.4, -0.2) is 5.16 Å². The Morgan fingerprint density at radius 1 is 1.26 bits per heavy atom. The van der Waals surface area contributed by atoms with Gasteiger partial charge in [-0.1, -0.05) is 23.4 Å². The second-order valence-electron chi connectivity index (χ2n) is 3.85. The van der Waals surface area contributed by atoms with E-state index in [4.69, 9.17) is 10.3 Å². The Balaban J connectivity index is 2.26. The summed E-state index contributed by atoms with van der Waals surface area (Å²) in [4.78, 5) is 0.836. The van der Waals surface area contributed by atoms with Gasteiger partial charge in [-0.2, -0.15) is 0 Å². The predicted molar refractivity (Wildman–Crippen MR) is 77.3 cm³/mol. The number of hydrogen-bond donors (Lipinski definition) is 1. The Kier molecular flexibility index (Phi) is 3.12. The van der Waals surface area contributed by atoms with Crippen LogP contribution in [0.1, 0.15) is 0 Å². The maximum absolute atomic E-state index is 13.9. The Labute approximate surface area is 121 Å². The Bertz CT molecular complexity index is 738. The van der Waals surface area contributed by atoms with E-state index in [9.17, 15) is 4.39 Å². The van der Waals surface area contributed by atoms with E-state index in [0.717, 1.165) is 9.35 Å². The molecule has 0 radical (unpaired) electrons. The maximum Gasteiger partial charge on any atom is 0.188 e. The number of rotatable bonds is 2. The van der Waals surface area contributed by atoms with Crippen molar-refractivity contribution < 1.29 is 8.91 Å². The lowest BCUT2D eigenvalue weighted by Gasteiger charge is -2.03. The first-order chi connectivity index (χ1) is 9.18. The molecule has 0 amide bonds. The minimum absolute atomic E-state index is 0.181. The zero-order chi connectivity index (χ0) is 13.4. The molecule has 1 aromatic carbocycles. The molecule has 2 N–H and O–H groups in total. The fraction of sp³-hybridized carbons (Fsp3) is 0. The molecular formula is C13H8BrFN2OS. The minimum Gasteiger partial charge on any atom is -0.380 e. The van der Waals surface area contributed by atoms with Crippen LogP contribution in [0.5, 0.6) is 0 Å². The molecule has 2 heterocycles. The highest BCUT2D eigenvalue weighted by Crippen LogP contribution is 2.42. The van der Waals surface area contributed by atoms with Crippen LogP contribution >= 0.6 is 27.3 Å². The Morgan fingerprint density at radius 3 is 2.74 bits per heavy atom. The monoisotopic (exact) mass is 338 g/mol. The number of halogens is 2. The molecule has 0 aliphatic heterocycles. The maximum atomic E-state index is 13.9. The quantitative estimate of drug-likeness (QED) is 0.745. The molecule has 3 nitrogen and oxygen atoms in total. The number of nitrogens with zero attached hydrogens (tertiary/aromatic N) is 1. The molecule has 0 aliphatic rings. The van der Waals surface area contributed by atoms with Crippen LogP contribution in [0.15, 0.2) is 44.7 Å². The summed E-state index contributed by atoms with van der Waals surface area (Å²) in [6.45, 7) is 0. The summed E-state index contributed by atoms with van der Waals surface area (Å²) in [6.07, 6.45) is 0. The average Bonchev–Trinajstić information content (AvgIpc) is 2.96. The Hall–Kier alpha value is -1.66. The second-order valence-corrected chi connectivity index (χ2v) is 5.62. The van der Waals surface area contributed by atoms with E-state index < -0.39 is 0 Å². The van der Waals surface area contributed by atoms with Crippen LogP contribution in [0.3, 0.4) is 0 Å². The zero-order valence-corrected chi connectivity index (χ0v) is 12.0. The highest BCUT2D eigenvalue weighted by Gasteiger charge is 2.22. The van der Waals surface area contributed by atoms with Gasteiger partial charge in [-0.15, -0.1) is 11.3 Å². The topological polar surface area (TPSA) is 52.0 Å². The number of anilines is 1. The van der Waals surface area contributed by atoms with Gasteiger partial charge < -0.3 is 10.3 Å². The van der Waals surface area contributed by atoms with E-state index in [0.29, 0.717) is 16.9 Å². The van der Waals surface area contributed by atoms with Crippen molar-refractivity contribution in [2.24, 2.45) is 0 Å². The van der Waals surface area contributed by atoms with Crippen molar-refractivity contribution in [2.45, 2.75) is 0 Å². The third kappa shape index (κ3) is 2.06. The van der Waals surface area contributed by atoms with Gasteiger partial charge in [0.1, 0.15) is 5.82 Å². The summed E-state index contributed by atoms with van der Waals surface area (Å²) in [5.41, 5.74) is 6.69. The number of thiophene rings is 1. The lowest BCUT2D eigenvalue weighted by Crippen LogP contribution is -1.91. The lowest BCUT2D eigenvalue weighted by atomic mass is 10.0. The smallest absolute Gasteiger partial charge is 0.188 e. The standard InChI is InChI=1S/C13H8BrFN2OS/c14-8-5-6-19-12(8)11-10(13(16)17-18-11)7-3-1-2-4-9(7)15/h1-6H,(H2,16,17). The molecule has 19 heavy (non-hydrogen) atoms. The highest BCUT2D eigenvalue weighted by molar-refractivity contribution is 9.10. The molecule has 0 bridgehead atoms. The first-order valence-corrected chi connectivity index (χ1v) is 7.09. The zero-order valence-electron chi connectivity index (χ0n) is 9.56. The van der Waals surface area contributed by atoms with Crippen molar-refractivity contribution in [1.82, 2.24) is 5.16 Å². The van der Waals surface area contributed by atoms with Crippen molar-refractivity contribution in [3.05, 3.63) is 46.0 Å². The largest absolute Gasteiger partial charge is 0.380 e. The average molecular weight is 339 g/mol. The molecule has 3 rings (SSSR count). The van der Waals surface area contributed by atoms with Crippen molar-refractivity contribution >= 4 is 33.1 Å². The Morgan fingerprint density at radius 2 is 2.05 bits per heavy atom. The van der Waals surface area contributed by atoms with Gasteiger partial charge in [0.25, 0.3) is 0 Å². The molecule has 0 spiro atoms. The predicted octanol–water partition coefficient (Wildman–Crippen LogP) is 4.55. The molecule has 6 heteroatoms. The summed E-state index contributed by atoms with van der Waals surface area (Å²) in [7, 11) is 0. The third-order valence-electron chi connectivity index (χ3n) is 2.69. The van der Waals surface area contributed by atoms with Gasteiger partial charge >= 0.3 is 0 Å². The van der Waals surface area contributed by atoms with Crippen molar-refractivity contribution in [1.29, 1.82) is 0 Å². The van der Waals surface area contributed by atoms with E-state index in [1.165, 1.54) is 17.4 Å². The third-order valence-corrected chi connectivity index (χ3v) is 4.52. The van der Waals surface area contributed by atoms with E-state index in [2.05, 4.69) is 21.1 Å². The number of aromatic nitrogens is 1. The van der Waals surface area contributed by atoms with Crippen LogP contribution in [0.25, 0.3) is 21.8 Å². The molecule has 0 fully saturated rings. The SMILES string of the molecule is Nc1noc(-c2sccc2Br)c1-c1ccccc1F. The number of hydrogen-bond acceptors (Lipinski definition) is 4. The molecule has 3 aromatic rings. The van der Waals surface area contributed by atoms with Gasteiger partial charge in [-0.05, 0) is 33.4 Å². The molecule has 0 saturated heterocycles. The summed E-state index contributed by atoms with van der Waals surface area (Å²) in [5.74, 6) is 0.302. The first kappa shape index (κ1) is 12.4. The van der Waals surface area contributed by atoms with Gasteiger partial charge in [0, 0.05) is 10.0 Å². The molecule has 96 valence electrons. The summed E-state index contributed by atoms with van der Waals surface area (Å²) in [6, 6.07) is 8.31. The second kappa shape index (κ2) is 4.79. The minimum atomic E-state index is -0.355. The summed E-state index contributed by atoms with van der Waals surface area (Å²) >= 11 is 4.90. The van der Waals surface area contributed by atoms with E-state index in [-0.39, 0.29) is 11.6 Å². The van der Waals surface area contributed by atoms with Crippen molar-refractivity contribution in [3.8, 4) is 21.8 Å². The van der Waals surface area contributed by atoms with Crippen LogP contribution in [0, 0.1) is 5.82 Å². The molecule has 0 saturated carbocycles. The summed E-state index contributed by atoms with van der Waals surface area (Å²) < 4.78 is 20.1.